The zero-order valence-corrected chi connectivity index (χ0v) is 24.3. The summed E-state index contributed by atoms with van der Waals surface area (Å²) in [6, 6.07) is 8.36. The molecule has 2 radical (unpaired) electrons. The summed E-state index contributed by atoms with van der Waals surface area (Å²) in [5.74, 6) is -1.11. The maximum atomic E-state index is 12.1. The number of amides is 2. The largest absolute Gasteiger partial charge is 0.508 e. The summed E-state index contributed by atoms with van der Waals surface area (Å²) < 4.78 is 26.8. The van der Waals surface area contributed by atoms with Crippen LogP contribution in [0.5, 0.6) is 0 Å². The summed E-state index contributed by atoms with van der Waals surface area (Å²) in [6.45, 7) is -2.81. The minimum Gasteiger partial charge on any atom is -0.431 e. The molecule has 0 aliphatic carbocycles. The summed E-state index contributed by atoms with van der Waals surface area (Å²) >= 11 is 10.3. The van der Waals surface area contributed by atoms with E-state index in [2.05, 4.69) is 10.6 Å². The Bertz CT molecular complexity index is 1110. The Morgan fingerprint density at radius 1 is 1.15 bits per heavy atom. The number of nitrogens with one attached hydrogen (secondary N) is 2. The first-order valence-corrected chi connectivity index (χ1v) is 15.5. The number of carbonyl (C=O) groups excluding carboxylic acids is 3. The van der Waals surface area contributed by atoms with Gasteiger partial charge in [-0.15, -0.1) is 0 Å². The van der Waals surface area contributed by atoms with Gasteiger partial charge in [0.15, 0.2) is 5.11 Å². The number of imide groups is 1. The van der Waals surface area contributed by atoms with Crippen molar-refractivity contribution in [3.05, 3.63) is 48.0 Å². The Kier molecular flexibility index (Phi) is 12.5. The molecule has 2 heterocycles. The highest BCUT2D eigenvalue weighted by Crippen LogP contribution is 2.48. The molecule has 5 atom stereocenters. The number of benzene rings is 1. The van der Waals surface area contributed by atoms with Crippen molar-refractivity contribution >= 4 is 61.7 Å². The second-order valence-corrected chi connectivity index (χ2v) is 12.2. The van der Waals surface area contributed by atoms with Gasteiger partial charge in [0.2, 0.25) is 0 Å². The van der Waals surface area contributed by atoms with Crippen LogP contribution in [0.4, 0.5) is 4.79 Å². The van der Waals surface area contributed by atoms with Gasteiger partial charge in [0, 0.05) is 50.8 Å². The van der Waals surface area contributed by atoms with Crippen LogP contribution in [0.3, 0.4) is 0 Å². The van der Waals surface area contributed by atoms with Gasteiger partial charge in [0.05, 0.1) is 0 Å². The van der Waals surface area contributed by atoms with Crippen molar-refractivity contribution in [3.8, 4) is 0 Å². The smallest absolute Gasteiger partial charge is 0.431 e. The van der Waals surface area contributed by atoms with E-state index in [1.54, 1.807) is 0 Å². The van der Waals surface area contributed by atoms with E-state index in [4.69, 9.17) is 55.1 Å². The maximum absolute atomic E-state index is 12.1. The number of ether oxygens (including phenoxy) is 3. The highest BCUT2D eigenvalue weighted by atomic mass is 32.5. The highest BCUT2D eigenvalue weighted by Gasteiger charge is 2.45. The van der Waals surface area contributed by atoms with Crippen molar-refractivity contribution in [1.82, 2.24) is 15.5 Å². The molecule has 2 aliphatic heterocycles. The third kappa shape index (κ3) is 9.91. The SMILES string of the molecule is [B][C@@H]1O[C@H](COC(=O)OCc2ccccc2)[C@H](OP(O)(=S)OC)C1CCCNC(=S)NCCN1C(=O)C=CC1=O. The Balaban J connectivity index is 1.43. The van der Waals surface area contributed by atoms with Gasteiger partial charge in [-0.3, -0.25) is 14.5 Å². The molecule has 16 heteroatoms. The average Bonchev–Trinajstić information content (AvgIpc) is 3.41. The topological polar surface area (TPSA) is 145 Å². The van der Waals surface area contributed by atoms with E-state index in [-0.39, 0.29) is 31.6 Å². The molecule has 12 nitrogen and oxygen atoms in total. The highest BCUT2D eigenvalue weighted by molar-refractivity contribution is 8.07. The van der Waals surface area contributed by atoms with Crippen LogP contribution in [0.15, 0.2) is 42.5 Å². The van der Waals surface area contributed by atoms with Crippen molar-refractivity contribution in [2.24, 2.45) is 5.92 Å². The second-order valence-electron chi connectivity index (χ2n) is 8.85. The number of rotatable bonds is 14. The molecular formula is C24H31BN3O9PS2. The molecule has 0 aromatic heterocycles. The fourth-order valence-corrected chi connectivity index (χ4v) is 5.28. The fourth-order valence-electron chi connectivity index (χ4n) is 4.09. The van der Waals surface area contributed by atoms with Gasteiger partial charge < -0.3 is 38.8 Å². The van der Waals surface area contributed by atoms with Crippen molar-refractivity contribution in [1.29, 1.82) is 0 Å². The van der Waals surface area contributed by atoms with E-state index in [1.165, 1.54) is 19.3 Å². The van der Waals surface area contributed by atoms with Crippen molar-refractivity contribution in [2.45, 2.75) is 37.7 Å². The summed E-state index contributed by atoms with van der Waals surface area (Å²) in [5, 5.41) is 6.34. The molecule has 1 fully saturated rings. The molecule has 3 rings (SSSR count). The third-order valence-corrected chi connectivity index (χ3v) is 8.08. The van der Waals surface area contributed by atoms with E-state index >= 15 is 0 Å². The Morgan fingerprint density at radius 3 is 2.50 bits per heavy atom. The van der Waals surface area contributed by atoms with Gasteiger partial charge in [-0.05, 0) is 42.4 Å². The Labute approximate surface area is 244 Å². The number of hydrogen-bond acceptors (Lipinski definition) is 10. The van der Waals surface area contributed by atoms with Gasteiger partial charge in [-0.2, -0.15) is 0 Å². The monoisotopic (exact) mass is 611 g/mol. The van der Waals surface area contributed by atoms with Crippen LogP contribution < -0.4 is 10.6 Å². The standard InChI is InChI=1S/C24H31BN3O9PS2/c1-33-38(32,40)37-21-17(8-5-11-26-23(39)27-12-13-28-19(29)9-10-20(28)30)22(25)36-18(21)15-35-24(31)34-14-16-6-3-2-4-7-16/h2-4,6-7,9-10,17-18,21-22H,5,8,11-15H2,1H3,(H,32,40)(H2,26,27,39)/t17?,18-,21-,22-,38?/m1/s1. The molecular weight excluding hydrogens is 580 g/mol. The molecule has 0 bridgehead atoms. The van der Waals surface area contributed by atoms with Crippen LogP contribution in [0.25, 0.3) is 0 Å². The lowest BCUT2D eigenvalue weighted by Gasteiger charge is -2.27. The number of hydrogen-bond donors (Lipinski definition) is 3. The minimum absolute atomic E-state index is 0.0454. The summed E-state index contributed by atoms with van der Waals surface area (Å²) in [4.78, 5) is 46.7. The van der Waals surface area contributed by atoms with Crippen LogP contribution >= 0.6 is 18.9 Å². The van der Waals surface area contributed by atoms with Crippen molar-refractivity contribution in [2.75, 3.05) is 33.4 Å². The first-order chi connectivity index (χ1) is 19.1. The molecule has 40 heavy (non-hydrogen) atoms. The van der Waals surface area contributed by atoms with Crippen LogP contribution in [-0.4, -0.2) is 92.3 Å². The van der Waals surface area contributed by atoms with E-state index in [1.807, 2.05) is 30.3 Å². The third-order valence-electron chi connectivity index (χ3n) is 6.11. The summed E-state index contributed by atoms with van der Waals surface area (Å²) in [6.07, 6.45) is 1.03. The molecule has 0 spiro atoms. The van der Waals surface area contributed by atoms with Crippen molar-refractivity contribution in [3.63, 3.8) is 0 Å². The molecule has 1 aromatic rings. The van der Waals surface area contributed by atoms with Crippen molar-refractivity contribution < 1.29 is 42.5 Å². The van der Waals surface area contributed by atoms with Gasteiger partial charge in [-0.25, -0.2) is 4.79 Å². The van der Waals surface area contributed by atoms with Gasteiger partial charge in [-0.1, -0.05) is 30.3 Å². The first-order valence-electron chi connectivity index (χ1n) is 12.5. The zero-order chi connectivity index (χ0) is 29.1. The predicted octanol–water partition coefficient (Wildman–Crippen LogP) is 1.27. The average molecular weight is 611 g/mol. The number of carbonyl (C=O) groups is 3. The molecule has 3 N–H and O–H groups in total. The summed E-state index contributed by atoms with van der Waals surface area (Å²) in [5.41, 5.74) is 0.804. The number of thiocarbonyl (C=S) groups is 1. The number of nitrogens with zero attached hydrogens (tertiary/aromatic N) is 1. The molecule has 1 saturated heterocycles. The van der Waals surface area contributed by atoms with E-state index < -0.39 is 37.0 Å². The van der Waals surface area contributed by atoms with Crippen LogP contribution in [-0.2, 0) is 51.3 Å². The van der Waals surface area contributed by atoms with E-state index in [0.717, 1.165) is 10.5 Å². The van der Waals surface area contributed by atoms with Gasteiger partial charge in [0.1, 0.15) is 33.3 Å². The van der Waals surface area contributed by atoms with E-state index in [9.17, 15) is 19.3 Å². The van der Waals surface area contributed by atoms with E-state index in [0.29, 0.717) is 31.0 Å². The molecule has 2 amide bonds. The van der Waals surface area contributed by atoms with Crippen LogP contribution in [0.2, 0.25) is 0 Å². The fraction of sp³-hybridized carbons (Fsp3) is 0.500. The first kappa shape index (κ1) is 32.1. The molecule has 216 valence electrons. The zero-order valence-electron chi connectivity index (χ0n) is 21.8. The second kappa shape index (κ2) is 15.6. The minimum atomic E-state index is -3.59. The van der Waals surface area contributed by atoms with Crippen LogP contribution in [0, 0.1) is 5.92 Å². The lowest BCUT2D eigenvalue weighted by atomic mass is 9.82. The normalized spacial score (nSPS) is 23.6. The van der Waals surface area contributed by atoms with Gasteiger partial charge >= 0.3 is 12.9 Å². The maximum Gasteiger partial charge on any atom is 0.508 e. The molecule has 2 aliphatic rings. The Hall–Kier alpha value is -2.39. The quantitative estimate of drug-likeness (QED) is 0.0694. The lowest BCUT2D eigenvalue weighted by Crippen LogP contribution is -2.42. The molecule has 1 aromatic carbocycles. The summed E-state index contributed by atoms with van der Waals surface area (Å²) in [7, 11) is 7.45. The van der Waals surface area contributed by atoms with Crippen LogP contribution in [0.1, 0.15) is 18.4 Å². The Morgan fingerprint density at radius 2 is 1.82 bits per heavy atom. The predicted molar refractivity (Wildman–Crippen MR) is 153 cm³/mol. The van der Waals surface area contributed by atoms with Gasteiger partial charge in [0.25, 0.3) is 11.8 Å². The molecule has 0 saturated carbocycles. The lowest BCUT2D eigenvalue weighted by molar-refractivity contribution is -0.136. The molecule has 2 unspecified atom stereocenters.